The standard InChI is InChI=1S/C10H21N3O3S/c1-17(15,16)8-2-5-13-6-3-9(4-7-13)10(11)12-14/h9,14H,2-8H2,1H3,(H2,11,12). The molecule has 0 unspecified atom stereocenters. The Morgan fingerprint density at radius 3 is 2.53 bits per heavy atom. The number of hydrogen-bond acceptors (Lipinski definition) is 5. The molecule has 100 valence electrons. The minimum atomic E-state index is -2.85. The lowest BCUT2D eigenvalue weighted by molar-refractivity contribution is 0.206. The highest BCUT2D eigenvalue weighted by molar-refractivity contribution is 7.90. The first-order valence-corrected chi connectivity index (χ1v) is 7.86. The van der Waals surface area contributed by atoms with Crippen LogP contribution in [0.4, 0.5) is 0 Å². The lowest BCUT2D eigenvalue weighted by Gasteiger charge is -2.31. The third-order valence-electron chi connectivity index (χ3n) is 3.11. The van der Waals surface area contributed by atoms with Gasteiger partial charge in [0.1, 0.15) is 15.7 Å². The number of likely N-dealkylation sites (tertiary alicyclic amines) is 1. The monoisotopic (exact) mass is 263 g/mol. The first-order valence-electron chi connectivity index (χ1n) is 5.80. The fourth-order valence-electron chi connectivity index (χ4n) is 2.08. The minimum absolute atomic E-state index is 0.158. The second kappa shape index (κ2) is 6.20. The molecule has 3 N–H and O–H groups in total. The van der Waals surface area contributed by atoms with Gasteiger partial charge in [-0.05, 0) is 38.9 Å². The van der Waals surface area contributed by atoms with Crippen LogP contribution in [0.3, 0.4) is 0 Å². The predicted octanol–water partition coefficient (Wildman–Crippen LogP) is -0.120. The Hall–Kier alpha value is -0.820. The van der Waals surface area contributed by atoms with E-state index in [4.69, 9.17) is 10.9 Å². The van der Waals surface area contributed by atoms with Crippen LogP contribution in [0.1, 0.15) is 19.3 Å². The molecule has 0 aromatic heterocycles. The van der Waals surface area contributed by atoms with Crippen LogP contribution in [-0.2, 0) is 9.84 Å². The first kappa shape index (κ1) is 14.2. The smallest absolute Gasteiger partial charge is 0.147 e. The van der Waals surface area contributed by atoms with E-state index in [0.29, 0.717) is 12.3 Å². The Labute approximate surface area is 102 Å². The summed E-state index contributed by atoms with van der Waals surface area (Å²) in [6.07, 6.45) is 3.67. The van der Waals surface area contributed by atoms with Gasteiger partial charge in [0, 0.05) is 12.2 Å². The molecule has 1 saturated heterocycles. The van der Waals surface area contributed by atoms with Crippen LogP contribution in [-0.4, -0.2) is 56.0 Å². The summed E-state index contributed by atoms with van der Waals surface area (Å²) in [5, 5.41) is 11.6. The highest BCUT2D eigenvalue weighted by Gasteiger charge is 2.22. The van der Waals surface area contributed by atoms with Crippen LogP contribution in [0.2, 0.25) is 0 Å². The second-order valence-electron chi connectivity index (χ2n) is 4.62. The Morgan fingerprint density at radius 2 is 2.06 bits per heavy atom. The van der Waals surface area contributed by atoms with Crippen molar-refractivity contribution in [2.75, 3.05) is 31.6 Å². The molecule has 0 aromatic rings. The molecule has 1 fully saturated rings. The lowest BCUT2D eigenvalue weighted by atomic mass is 9.96. The second-order valence-corrected chi connectivity index (χ2v) is 6.88. The normalized spacial score (nSPS) is 20.6. The van der Waals surface area contributed by atoms with Crippen LogP contribution >= 0.6 is 0 Å². The molecule has 1 rings (SSSR count). The summed E-state index contributed by atoms with van der Waals surface area (Å²) in [5.74, 6) is 0.708. The fraction of sp³-hybridized carbons (Fsp3) is 0.900. The van der Waals surface area contributed by atoms with Gasteiger partial charge < -0.3 is 15.8 Å². The molecule has 0 bridgehead atoms. The zero-order valence-electron chi connectivity index (χ0n) is 10.2. The summed E-state index contributed by atoms with van der Waals surface area (Å²) in [4.78, 5) is 2.23. The molecule has 6 nitrogen and oxygen atoms in total. The van der Waals surface area contributed by atoms with Crippen molar-refractivity contribution in [2.45, 2.75) is 19.3 Å². The zero-order valence-corrected chi connectivity index (χ0v) is 11.0. The molecule has 7 heteroatoms. The summed E-state index contributed by atoms with van der Waals surface area (Å²) >= 11 is 0. The maximum absolute atomic E-state index is 11.0. The van der Waals surface area contributed by atoms with Gasteiger partial charge in [-0.25, -0.2) is 8.42 Å². The highest BCUT2D eigenvalue weighted by atomic mass is 32.2. The molecular formula is C10H21N3O3S. The summed E-state index contributed by atoms with van der Waals surface area (Å²) in [7, 11) is -2.85. The molecule has 1 aliphatic rings. The number of rotatable bonds is 5. The molecule has 17 heavy (non-hydrogen) atoms. The number of nitrogens with two attached hydrogens (primary N) is 1. The van der Waals surface area contributed by atoms with Crippen molar-refractivity contribution in [2.24, 2.45) is 16.8 Å². The van der Waals surface area contributed by atoms with Crippen molar-refractivity contribution in [1.29, 1.82) is 0 Å². The average molecular weight is 263 g/mol. The van der Waals surface area contributed by atoms with Gasteiger partial charge in [0.05, 0.1) is 5.75 Å². The number of nitrogens with zero attached hydrogens (tertiary/aromatic N) is 2. The first-order chi connectivity index (χ1) is 7.92. The van der Waals surface area contributed by atoms with E-state index in [0.717, 1.165) is 32.5 Å². The van der Waals surface area contributed by atoms with E-state index in [1.165, 1.54) is 6.26 Å². The van der Waals surface area contributed by atoms with Gasteiger partial charge in [-0.1, -0.05) is 5.16 Å². The van der Waals surface area contributed by atoms with Crippen LogP contribution in [0, 0.1) is 5.92 Å². The topological polar surface area (TPSA) is 96.0 Å². The van der Waals surface area contributed by atoms with Crippen molar-refractivity contribution in [1.82, 2.24) is 4.90 Å². The maximum atomic E-state index is 11.0. The quantitative estimate of drug-likeness (QED) is 0.312. The highest BCUT2D eigenvalue weighted by Crippen LogP contribution is 2.17. The third-order valence-corrected chi connectivity index (χ3v) is 4.14. The van der Waals surface area contributed by atoms with Crippen molar-refractivity contribution in [3.05, 3.63) is 0 Å². The van der Waals surface area contributed by atoms with Gasteiger partial charge in [-0.2, -0.15) is 0 Å². The average Bonchev–Trinajstić information content (AvgIpc) is 2.27. The van der Waals surface area contributed by atoms with Crippen LogP contribution in [0.15, 0.2) is 5.16 Å². The molecule has 0 atom stereocenters. The third kappa shape index (κ3) is 5.36. The summed E-state index contributed by atoms with van der Waals surface area (Å²) < 4.78 is 21.9. The summed E-state index contributed by atoms with van der Waals surface area (Å²) in [5.41, 5.74) is 5.55. The molecule has 0 aromatic carbocycles. The number of sulfone groups is 1. The van der Waals surface area contributed by atoms with Crippen LogP contribution in [0.5, 0.6) is 0 Å². The van der Waals surface area contributed by atoms with E-state index in [2.05, 4.69) is 10.1 Å². The zero-order chi connectivity index (χ0) is 12.9. The number of hydrogen-bond donors (Lipinski definition) is 2. The van der Waals surface area contributed by atoms with Gasteiger partial charge in [-0.3, -0.25) is 0 Å². The van der Waals surface area contributed by atoms with E-state index in [1.54, 1.807) is 0 Å². The molecule has 1 aliphatic heterocycles. The van der Waals surface area contributed by atoms with Gasteiger partial charge in [0.2, 0.25) is 0 Å². The van der Waals surface area contributed by atoms with E-state index >= 15 is 0 Å². The predicted molar refractivity (Wildman–Crippen MR) is 66.9 cm³/mol. The Balaban J connectivity index is 2.24. The molecular weight excluding hydrogens is 242 g/mol. The van der Waals surface area contributed by atoms with E-state index in [9.17, 15) is 8.42 Å². The van der Waals surface area contributed by atoms with Crippen LogP contribution in [0.25, 0.3) is 0 Å². The van der Waals surface area contributed by atoms with Gasteiger partial charge in [0.15, 0.2) is 0 Å². The Kier molecular flexibility index (Phi) is 5.20. The fourth-order valence-corrected chi connectivity index (χ4v) is 2.74. The van der Waals surface area contributed by atoms with E-state index in [-0.39, 0.29) is 11.7 Å². The Morgan fingerprint density at radius 1 is 1.47 bits per heavy atom. The minimum Gasteiger partial charge on any atom is -0.409 e. The number of oxime groups is 1. The van der Waals surface area contributed by atoms with Gasteiger partial charge >= 0.3 is 0 Å². The van der Waals surface area contributed by atoms with E-state index < -0.39 is 9.84 Å². The van der Waals surface area contributed by atoms with Crippen molar-refractivity contribution in [3.63, 3.8) is 0 Å². The van der Waals surface area contributed by atoms with Crippen molar-refractivity contribution < 1.29 is 13.6 Å². The number of amidine groups is 1. The molecule has 0 spiro atoms. The SMILES string of the molecule is CS(=O)(=O)CCCN1CCC(C(N)=NO)CC1. The van der Waals surface area contributed by atoms with E-state index in [1.807, 2.05) is 0 Å². The molecule has 0 amide bonds. The largest absolute Gasteiger partial charge is 0.409 e. The Bertz CT molecular complexity index is 359. The maximum Gasteiger partial charge on any atom is 0.147 e. The van der Waals surface area contributed by atoms with Crippen molar-refractivity contribution >= 4 is 15.7 Å². The van der Waals surface area contributed by atoms with Crippen molar-refractivity contribution in [3.8, 4) is 0 Å². The molecule has 0 aliphatic carbocycles. The summed E-state index contributed by atoms with van der Waals surface area (Å²) in [6.45, 7) is 2.56. The number of piperidine rings is 1. The molecule has 0 saturated carbocycles. The van der Waals surface area contributed by atoms with Crippen LogP contribution < -0.4 is 5.73 Å². The lowest BCUT2D eigenvalue weighted by Crippen LogP contribution is -2.39. The molecule has 0 radical (unpaired) electrons. The van der Waals surface area contributed by atoms with Gasteiger partial charge in [-0.15, -0.1) is 0 Å². The van der Waals surface area contributed by atoms with Gasteiger partial charge in [0.25, 0.3) is 0 Å². The summed E-state index contributed by atoms with van der Waals surface area (Å²) in [6, 6.07) is 0. The molecule has 1 heterocycles.